The van der Waals surface area contributed by atoms with Crippen LogP contribution in [0.25, 0.3) is 0 Å². The second-order valence-corrected chi connectivity index (χ2v) is 3.24. The second kappa shape index (κ2) is 4.42. The van der Waals surface area contributed by atoms with E-state index in [0.29, 0.717) is 6.54 Å². The number of hydrogen-bond donors (Lipinski definition) is 2. The van der Waals surface area contributed by atoms with Crippen LogP contribution in [0.3, 0.4) is 0 Å². The first-order valence-corrected chi connectivity index (χ1v) is 4.49. The van der Waals surface area contributed by atoms with E-state index in [1.54, 1.807) is 0 Å². The van der Waals surface area contributed by atoms with Crippen LogP contribution in [0.5, 0.6) is 0 Å². The molecular weight excluding hydrogens is 154 g/mol. The largest absolute Gasteiger partial charge is 0.368 e. The van der Waals surface area contributed by atoms with E-state index >= 15 is 0 Å². The van der Waals surface area contributed by atoms with Crippen molar-refractivity contribution in [2.75, 3.05) is 19.6 Å². The summed E-state index contributed by atoms with van der Waals surface area (Å²) in [4.78, 5) is 13.1. The SMILES string of the molecule is NCCN1CCCCC1C(N)=O. The first-order valence-electron chi connectivity index (χ1n) is 4.49. The van der Waals surface area contributed by atoms with E-state index in [9.17, 15) is 4.79 Å². The minimum Gasteiger partial charge on any atom is -0.368 e. The highest BCUT2D eigenvalue weighted by Crippen LogP contribution is 2.15. The molecule has 1 amide bonds. The molecule has 4 heteroatoms. The van der Waals surface area contributed by atoms with Crippen LogP contribution in [0.15, 0.2) is 0 Å². The van der Waals surface area contributed by atoms with Gasteiger partial charge in [0.15, 0.2) is 0 Å². The minimum absolute atomic E-state index is 0.0673. The van der Waals surface area contributed by atoms with Crippen LogP contribution in [0, 0.1) is 0 Å². The Hall–Kier alpha value is -0.610. The van der Waals surface area contributed by atoms with E-state index in [1.807, 2.05) is 0 Å². The Labute approximate surface area is 72.9 Å². The third-order valence-electron chi connectivity index (χ3n) is 2.36. The Morgan fingerprint density at radius 1 is 1.50 bits per heavy atom. The van der Waals surface area contributed by atoms with Crippen LogP contribution in [0.4, 0.5) is 0 Å². The van der Waals surface area contributed by atoms with Gasteiger partial charge in [0.05, 0.1) is 6.04 Å². The number of piperidine rings is 1. The molecule has 0 aliphatic carbocycles. The fourth-order valence-electron chi connectivity index (χ4n) is 1.75. The predicted octanol–water partition coefficient (Wildman–Crippen LogP) is -0.715. The summed E-state index contributed by atoms with van der Waals surface area (Å²) in [7, 11) is 0. The summed E-state index contributed by atoms with van der Waals surface area (Å²) in [5.41, 5.74) is 10.7. The third kappa shape index (κ3) is 2.19. The van der Waals surface area contributed by atoms with Crippen molar-refractivity contribution < 1.29 is 4.79 Å². The maximum Gasteiger partial charge on any atom is 0.234 e. The fourth-order valence-corrected chi connectivity index (χ4v) is 1.75. The zero-order chi connectivity index (χ0) is 8.97. The molecular formula is C8H17N3O. The molecule has 0 bridgehead atoms. The van der Waals surface area contributed by atoms with Crippen molar-refractivity contribution in [2.24, 2.45) is 11.5 Å². The number of carbonyl (C=O) groups excluding carboxylic acids is 1. The Balaban J connectivity index is 2.48. The highest BCUT2D eigenvalue weighted by Gasteiger charge is 2.25. The lowest BCUT2D eigenvalue weighted by atomic mass is 10.0. The van der Waals surface area contributed by atoms with Crippen LogP contribution < -0.4 is 11.5 Å². The molecule has 0 aromatic rings. The number of primary amides is 1. The monoisotopic (exact) mass is 171 g/mol. The smallest absolute Gasteiger partial charge is 0.234 e. The first-order chi connectivity index (χ1) is 5.75. The third-order valence-corrected chi connectivity index (χ3v) is 2.36. The molecule has 0 radical (unpaired) electrons. The van der Waals surface area contributed by atoms with Crippen molar-refractivity contribution in [3.63, 3.8) is 0 Å². The molecule has 0 aromatic carbocycles. The van der Waals surface area contributed by atoms with Gasteiger partial charge in [0.1, 0.15) is 0 Å². The summed E-state index contributed by atoms with van der Waals surface area (Å²) in [5, 5.41) is 0. The Morgan fingerprint density at radius 2 is 2.25 bits per heavy atom. The Kier molecular flexibility index (Phi) is 3.49. The van der Waals surface area contributed by atoms with Crippen LogP contribution in [0.2, 0.25) is 0 Å². The van der Waals surface area contributed by atoms with E-state index < -0.39 is 0 Å². The van der Waals surface area contributed by atoms with Gasteiger partial charge in [0, 0.05) is 13.1 Å². The molecule has 12 heavy (non-hydrogen) atoms. The Bertz CT molecular complexity index is 158. The normalized spacial score (nSPS) is 25.6. The van der Waals surface area contributed by atoms with Gasteiger partial charge in [-0.2, -0.15) is 0 Å². The van der Waals surface area contributed by atoms with Gasteiger partial charge in [0.2, 0.25) is 5.91 Å². The number of nitrogens with two attached hydrogens (primary N) is 2. The van der Waals surface area contributed by atoms with Gasteiger partial charge < -0.3 is 11.5 Å². The van der Waals surface area contributed by atoms with Gasteiger partial charge >= 0.3 is 0 Å². The quantitative estimate of drug-likeness (QED) is 0.589. The minimum atomic E-state index is -0.205. The van der Waals surface area contributed by atoms with Crippen LogP contribution >= 0.6 is 0 Å². The topological polar surface area (TPSA) is 72.3 Å². The lowest BCUT2D eigenvalue weighted by Gasteiger charge is -2.32. The van der Waals surface area contributed by atoms with E-state index in [2.05, 4.69) is 4.90 Å². The predicted molar refractivity (Wildman–Crippen MR) is 47.5 cm³/mol. The number of hydrogen-bond acceptors (Lipinski definition) is 3. The highest BCUT2D eigenvalue weighted by atomic mass is 16.1. The van der Waals surface area contributed by atoms with Crippen LogP contribution in [-0.4, -0.2) is 36.5 Å². The van der Waals surface area contributed by atoms with E-state index in [1.165, 1.54) is 0 Å². The van der Waals surface area contributed by atoms with Gasteiger partial charge in [-0.15, -0.1) is 0 Å². The van der Waals surface area contributed by atoms with Crippen LogP contribution in [-0.2, 0) is 4.79 Å². The van der Waals surface area contributed by atoms with Crippen molar-refractivity contribution in [2.45, 2.75) is 25.3 Å². The highest BCUT2D eigenvalue weighted by molar-refractivity contribution is 5.79. The van der Waals surface area contributed by atoms with E-state index in [-0.39, 0.29) is 11.9 Å². The maximum atomic E-state index is 11.0. The fraction of sp³-hybridized carbons (Fsp3) is 0.875. The molecule has 1 unspecified atom stereocenters. The summed E-state index contributed by atoms with van der Waals surface area (Å²) in [6, 6.07) is -0.0673. The van der Waals surface area contributed by atoms with Gasteiger partial charge in [0.25, 0.3) is 0 Å². The summed E-state index contributed by atoms with van der Waals surface area (Å²) in [5.74, 6) is -0.205. The average Bonchev–Trinajstić information content (AvgIpc) is 2.05. The van der Waals surface area contributed by atoms with E-state index in [0.717, 1.165) is 32.4 Å². The standard InChI is InChI=1S/C8H17N3O/c9-4-6-11-5-2-1-3-7(11)8(10)12/h7H,1-6,9H2,(H2,10,12). The first kappa shape index (κ1) is 9.48. The summed E-state index contributed by atoms with van der Waals surface area (Å²) >= 11 is 0. The molecule has 4 N–H and O–H groups in total. The molecule has 0 spiro atoms. The van der Waals surface area contributed by atoms with Gasteiger partial charge in [-0.1, -0.05) is 6.42 Å². The molecule has 1 saturated heterocycles. The molecule has 1 heterocycles. The van der Waals surface area contributed by atoms with Crippen molar-refractivity contribution in [1.29, 1.82) is 0 Å². The molecule has 0 saturated carbocycles. The van der Waals surface area contributed by atoms with Crippen molar-refractivity contribution >= 4 is 5.91 Å². The number of nitrogens with zero attached hydrogens (tertiary/aromatic N) is 1. The number of likely N-dealkylation sites (tertiary alicyclic amines) is 1. The van der Waals surface area contributed by atoms with Crippen molar-refractivity contribution in [1.82, 2.24) is 4.90 Å². The zero-order valence-corrected chi connectivity index (χ0v) is 7.33. The molecule has 1 rings (SSSR count). The van der Waals surface area contributed by atoms with Gasteiger partial charge in [-0.3, -0.25) is 9.69 Å². The molecule has 70 valence electrons. The molecule has 1 aliphatic rings. The molecule has 1 aliphatic heterocycles. The summed E-state index contributed by atoms with van der Waals surface area (Å²) in [6.07, 6.45) is 3.16. The summed E-state index contributed by atoms with van der Waals surface area (Å²) < 4.78 is 0. The average molecular weight is 171 g/mol. The Morgan fingerprint density at radius 3 is 2.83 bits per heavy atom. The van der Waals surface area contributed by atoms with Gasteiger partial charge in [-0.25, -0.2) is 0 Å². The van der Waals surface area contributed by atoms with Crippen molar-refractivity contribution in [3.05, 3.63) is 0 Å². The molecule has 0 aromatic heterocycles. The van der Waals surface area contributed by atoms with Crippen molar-refractivity contribution in [3.8, 4) is 0 Å². The summed E-state index contributed by atoms with van der Waals surface area (Å²) in [6.45, 7) is 2.35. The number of rotatable bonds is 3. The molecule has 4 nitrogen and oxygen atoms in total. The van der Waals surface area contributed by atoms with Crippen LogP contribution in [0.1, 0.15) is 19.3 Å². The number of carbonyl (C=O) groups is 1. The zero-order valence-electron chi connectivity index (χ0n) is 7.33. The molecule has 1 atom stereocenters. The molecule has 1 fully saturated rings. The lowest BCUT2D eigenvalue weighted by Crippen LogP contribution is -2.49. The van der Waals surface area contributed by atoms with Gasteiger partial charge in [-0.05, 0) is 19.4 Å². The lowest BCUT2D eigenvalue weighted by molar-refractivity contribution is -0.124. The number of amides is 1. The maximum absolute atomic E-state index is 11.0. The van der Waals surface area contributed by atoms with E-state index in [4.69, 9.17) is 11.5 Å². The second-order valence-electron chi connectivity index (χ2n) is 3.24.